The molecule has 2 aliphatic rings. The van der Waals surface area contributed by atoms with Gasteiger partial charge in [0.15, 0.2) is 5.67 Å². The Balaban J connectivity index is 1.62. The molecule has 5 nitrogen and oxygen atoms in total. The first kappa shape index (κ1) is 17.5. The lowest BCUT2D eigenvalue weighted by Gasteiger charge is -2.47. The summed E-state index contributed by atoms with van der Waals surface area (Å²) in [6.07, 6.45) is -0.605. The molecule has 1 aromatic heterocycles. The van der Waals surface area contributed by atoms with Crippen LogP contribution in [0, 0.1) is 5.82 Å². The van der Waals surface area contributed by atoms with Crippen LogP contribution >= 0.6 is 0 Å². The summed E-state index contributed by atoms with van der Waals surface area (Å²) in [5.74, 6) is -1.29. The van der Waals surface area contributed by atoms with E-state index in [4.69, 9.17) is 5.73 Å². The molecule has 0 bridgehead atoms. The molecule has 1 amide bonds. The largest absolute Gasteiger partial charge is 0.385 e. The van der Waals surface area contributed by atoms with E-state index in [1.165, 1.54) is 13.0 Å². The van der Waals surface area contributed by atoms with Crippen LogP contribution in [0.4, 0.5) is 18.9 Å². The molecular formula is C19H17F3N4O. The van der Waals surface area contributed by atoms with Gasteiger partial charge < -0.3 is 11.1 Å². The number of rotatable bonds is 2. The van der Waals surface area contributed by atoms with Gasteiger partial charge in [-0.2, -0.15) is 0 Å². The summed E-state index contributed by atoms with van der Waals surface area (Å²) >= 11 is 0. The van der Waals surface area contributed by atoms with Crippen molar-refractivity contribution in [2.75, 3.05) is 5.32 Å². The Morgan fingerprint density at radius 2 is 2.11 bits per heavy atom. The van der Waals surface area contributed by atoms with Crippen LogP contribution in [-0.2, 0) is 12.0 Å². The average molecular weight is 374 g/mol. The summed E-state index contributed by atoms with van der Waals surface area (Å²) in [5.41, 5.74) is 4.46. The van der Waals surface area contributed by atoms with Crippen molar-refractivity contribution in [3.63, 3.8) is 0 Å². The maximum atomic E-state index is 14.8. The second-order valence-corrected chi connectivity index (χ2v) is 7.15. The molecule has 4 rings (SSSR count). The number of nitrogens with one attached hydrogen (secondary N) is 1. The Morgan fingerprint density at radius 1 is 1.33 bits per heavy atom. The van der Waals surface area contributed by atoms with E-state index in [0.717, 1.165) is 17.8 Å². The lowest BCUT2D eigenvalue weighted by molar-refractivity contribution is 0.0866. The molecule has 8 heteroatoms. The summed E-state index contributed by atoms with van der Waals surface area (Å²) in [4.78, 5) is 20.1. The van der Waals surface area contributed by atoms with Crippen LogP contribution in [0.15, 0.2) is 41.5 Å². The fourth-order valence-electron chi connectivity index (χ4n) is 3.59. The first-order chi connectivity index (χ1) is 12.7. The lowest BCUT2D eigenvalue weighted by Crippen LogP contribution is -2.56. The number of amides is 1. The number of fused-ring (bicyclic) bond motifs is 2. The van der Waals surface area contributed by atoms with Crippen molar-refractivity contribution in [1.82, 2.24) is 4.98 Å². The SMILES string of the molecule is C[C@]1(F)C[C@H](F)[C@]2(Cc3ccc(NC(=O)c4ccc(F)cn4)cc32)N=C1N. The topological polar surface area (TPSA) is 80.4 Å². The molecule has 0 unspecified atom stereocenters. The van der Waals surface area contributed by atoms with Crippen molar-refractivity contribution in [1.29, 1.82) is 0 Å². The van der Waals surface area contributed by atoms with Crippen LogP contribution in [0.5, 0.6) is 0 Å². The minimum absolute atomic E-state index is 0.0466. The van der Waals surface area contributed by atoms with Crippen molar-refractivity contribution >= 4 is 17.4 Å². The van der Waals surface area contributed by atoms with Crippen LogP contribution in [0.1, 0.15) is 35.0 Å². The molecular weight excluding hydrogens is 357 g/mol. The van der Waals surface area contributed by atoms with Gasteiger partial charge in [0.05, 0.1) is 6.20 Å². The number of carbonyl (C=O) groups excluding carboxylic acids is 1. The monoisotopic (exact) mass is 374 g/mol. The van der Waals surface area contributed by atoms with Crippen molar-refractivity contribution in [3.05, 3.63) is 59.2 Å². The van der Waals surface area contributed by atoms with E-state index in [1.54, 1.807) is 18.2 Å². The van der Waals surface area contributed by atoms with Gasteiger partial charge in [0.1, 0.15) is 29.1 Å². The standard InChI is InChI=1S/C19H17F3N4O/c1-18(22)8-15(21)19(26-17(18)23)7-10-2-4-12(6-13(10)19)25-16(27)14-5-3-11(20)9-24-14/h2-6,9,15H,7-8H2,1H3,(H2,23,26)(H,25,27)/t15-,18-,19+/m0/s1. The highest BCUT2D eigenvalue weighted by Gasteiger charge is 2.56. The first-order valence-electron chi connectivity index (χ1n) is 8.46. The molecule has 1 aliphatic heterocycles. The van der Waals surface area contributed by atoms with E-state index >= 15 is 0 Å². The van der Waals surface area contributed by atoms with Crippen molar-refractivity contribution in [3.8, 4) is 0 Å². The van der Waals surface area contributed by atoms with Gasteiger partial charge in [0, 0.05) is 18.5 Å². The molecule has 0 radical (unpaired) electrons. The Labute approximate surface area is 153 Å². The maximum Gasteiger partial charge on any atom is 0.274 e. The number of nitrogens with zero attached hydrogens (tertiary/aromatic N) is 2. The number of aromatic nitrogens is 1. The third kappa shape index (κ3) is 2.75. The fourth-order valence-corrected chi connectivity index (χ4v) is 3.59. The number of benzene rings is 1. The highest BCUT2D eigenvalue weighted by atomic mass is 19.2. The Morgan fingerprint density at radius 3 is 2.81 bits per heavy atom. The lowest BCUT2D eigenvalue weighted by atomic mass is 9.65. The quantitative estimate of drug-likeness (QED) is 0.848. The first-order valence-corrected chi connectivity index (χ1v) is 8.46. The molecule has 1 aliphatic carbocycles. The second kappa shape index (κ2) is 5.80. The molecule has 2 aromatic rings. The molecule has 0 fully saturated rings. The Bertz CT molecular complexity index is 958. The van der Waals surface area contributed by atoms with Crippen LogP contribution in [-0.4, -0.2) is 28.6 Å². The van der Waals surface area contributed by atoms with Crippen LogP contribution in [0.3, 0.4) is 0 Å². The Hall–Kier alpha value is -2.90. The maximum absolute atomic E-state index is 14.8. The van der Waals surface area contributed by atoms with E-state index in [9.17, 15) is 18.0 Å². The van der Waals surface area contributed by atoms with E-state index in [2.05, 4.69) is 15.3 Å². The number of carbonyl (C=O) groups is 1. The van der Waals surface area contributed by atoms with Gasteiger partial charge in [0.25, 0.3) is 5.91 Å². The third-order valence-corrected chi connectivity index (χ3v) is 5.19. The molecule has 3 N–H and O–H groups in total. The van der Waals surface area contributed by atoms with Gasteiger partial charge >= 0.3 is 0 Å². The Kier molecular flexibility index (Phi) is 3.76. The molecule has 27 heavy (non-hydrogen) atoms. The van der Waals surface area contributed by atoms with Crippen LogP contribution in [0.25, 0.3) is 0 Å². The van der Waals surface area contributed by atoms with Crippen molar-refractivity contribution in [2.45, 2.75) is 37.1 Å². The molecule has 140 valence electrons. The minimum Gasteiger partial charge on any atom is -0.385 e. The number of hydrogen-bond donors (Lipinski definition) is 2. The van der Waals surface area contributed by atoms with Crippen LogP contribution < -0.4 is 11.1 Å². The van der Waals surface area contributed by atoms with Gasteiger partial charge in [-0.3, -0.25) is 9.79 Å². The number of alkyl halides is 2. The van der Waals surface area contributed by atoms with E-state index < -0.39 is 29.1 Å². The number of hydrogen-bond acceptors (Lipinski definition) is 4. The summed E-state index contributed by atoms with van der Waals surface area (Å²) in [6, 6.07) is 7.45. The molecule has 1 aromatic carbocycles. The summed E-state index contributed by atoms with van der Waals surface area (Å²) in [6.45, 7) is 1.22. The molecule has 2 heterocycles. The van der Waals surface area contributed by atoms with E-state index in [-0.39, 0.29) is 18.0 Å². The zero-order chi connectivity index (χ0) is 19.4. The summed E-state index contributed by atoms with van der Waals surface area (Å²) in [5, 5.41) is 2.64. The zero-order valence-corrected chi connectivity index (χ0v) is 14.5. The van der Waals surface area contributed by atoms with Gasteiger partial charge in [-0.1, -0.05) is 6.07 Å². The predicted molar refractivity (Wildman–Crippen MR) is 94.6 cm³/mol. The number of amidine groups is 1. The summed E-state index contributed by atoms with van der Waals surface area (Å²) < 4.78 is 42.0. The van der Waals surface area contributed by atoms with Crippen molar-refractivity contribution < 1.29 is 18.0 Å². The normalized spacial score (nSPS) is 28.9. The summed E-state index contributed by atoms with van der Waals surface area (Å²) in [7, 11) is 0. The van der Waals surface area contributed by atoms with Crippen molar-refractivity contribution in [2.24, 2.45) is 10.7 Å². The minimum atomic E-state index is -1.97. The molecule has 1 spiro atoms. The number of halogens is 3. The number of aliphatic imine (C=N–C) groups is 1. The number of anilines is 1. The highest BCUT2D eigenvalue weighted by Crippen LogP contribution is 2.51. The van der Waals surface area contributed by atoms with E-state index in [1.807, 2.05) is 0 Å². The van der Waals surface area contributed by atoms with Gasteiger partial charge in [-0.25, -0.2) is 18.2 Å². The highest BCUT2D eigenvalue weighted by molar-refractivity contribution is 6.03. The van der Waals surface area contributed by atoms with E-state index in [0.29, 0.717) is 17.7 Å². The average Bonchev–Trinajstić information content (AvgIpc) is 2.59. The fraction of sp³-hybridized carbons (Fsp3) is 0.316. The molecule has 0 saturated heterocycles. The molecule has 0 saturated carbocycles. The van der Waals surface area contributed by atoms with Gasteiger partial charge in [-0.15, -0.1) is 0 Å². The number of nitrogens with two attached hydrogens (primary N) is 1. The zero-order valence-electron chi connectivity index (χ0n) is 14.5. The van der Waals surface area contributed by atoms with Crippen LogP contribution in [0.2, 0.25) is 0 Å². The smallest absolute Gasteiger partial charge is 0.274 e. The molecule has 3 atom stereocenters. The third-order valence-electron chi connectivity index (χ3n) is 5.19. The van der Waals surface area contributed by atoms with Gasteiger partial charge in [-0.05, 0) is 42.3 Å². The van der Waals surface area contributed by atoms with Gasteiger partial charge in [0.2, 0.25) is 0 Å². The number of pyridine rings is 1. The second-order valence-electron chi connectivity index (χ2n) is 7.15. The predicted octanol–water partition coefficient (Wildman–Crippen LogP) is 3.05.